The van der Waals surface area contributed by atoms with Crippen molar-refractivity contribution in [2.45, 2.75) is 44.4 Å². The van der Waals surface area contributed by atoms with Gasteiger partial charge in [0.05, 0.1) is 10.8 Å². The van der Waals surface area contributed by atoms with Crippen LogP contribution in [0.5, 0.6) is 0 Å². The summed E-state index contributed by atoms with van der Waals surface area (Å²) >= 11 is 0. The summed E-state index contributed by atoms with van der Waals surface area (Å²) in [6, 6.07) is 18.2. The average molecular weight is 312 g/mol. The predicted molar refractivity (Wildman–Crippen MR) is 96.1 cm³/mol. The first-order chi connectivity index (χ1) is 10.7. The lowest BCUT2D eigenvalue weighted by Crippen LogP contribution is -1.97. The lowest BCUT2D eigenvalue weighted by molar-refractivity contribution is 0.680. The van der Waals surface area contributed by atoms with E-state index in [1.807, 2.05) is 42.5 Å². The minimum atomic E-state index is -1.07. The van der Waals surface area contributed by atoms with E-state index in [2.05, 4.69) is 32.1 Å². The summed E-state index contributed by atoms with van der Waals surface area (Å²) in [5.74, 6) is 0. The van der Waals surface area contributed by atoms with E-state index in [9.17, 15) is 4.21 Å². The summed E-state index contributed by atoms with van der Waals surface area (Å²) in [5.41, 5.74) is 2.31. The van der Waals surface area contributed by atoms with Crippen molar-refractivity contribution in [2.75, 3.05) is 0 Å². The molecule has 116 valence electrons. The molecule has 0 saturated heterocycles. The van der Waals surface area contributed by atoms with Crippen LogP contribution in [-0.2, 0) is 10.8 Å². The molecule has 0 fully saturated rings. The van der Waals surface area contributed by atoms with Gasteiger partial charge in [0, 0.05) is 9.80 Å². The fourth-order valence-corrected chi connectivity index (χ4v) is 3.57. The van der Waals surface area contributed by atoms with Gasteiger partial charge in [0.2, 0.25) is 0 Å². The van der Waals surface area contributed by atoms with Crippen molar-refractivity contribution in [3.05, 3.63) is 70.6 Å². The molecule has 0 aliphatic rings. The van der Waals surface area contributed by atoms with Gasteiger partial charge in [-0.2, -0.15) is 0 Å². The largest absolute Gasteiger partial charge is 0.249 e. The van der Waals surface area contributed by atoms with Gasteiger partial charge in [-0.3, -0.25) is 0 Å². The number of hydrogen-bond donors (Lipinski definition) is 0. The van der Waals surface area contributed by atoms with Gasteiger partial charge >= 0.3 is 0 Å². The minimum Gasteiger partial charge on any atom is -0.249 e. The van der Waals surface area contributed by atoms with Crippen molar-refractivity contribution in [3.8, 4) is 0 Å². The summed E-state index contributed by atoms with van der Waals surface area (Å²) in [6.07, 6.45) is 6.43. The van der Waals surface area contributed by atoms with Crippen LogP contribution in [0, 0.1) is 6.92 Å². The van der Waals surface area contributed by atoms with Crippen molar-refractivity contribution < 1.29 is 4.21 Å². The van der Waals surface area contributed by atoms with Crippen LogP contribution in [0.15, 0.2) is 64.4 Å². The van der Waals surface area contributed by atoms with Crippen molar-refractivity contribution >= 4 is 16.9 Å². The van der Waals surface area contributed by atoms with E-state index in [1.165, 1.54) is 18.4 Å². The molecule has 2 aromatic rings. The number of rotatable bonds is 7. The maximum absolute atomic E-state index is 12.9. The third-order valence-electron chi connectivity index (χ3n) is 3.63. The molecule has 0 bridgehead atoms. The van der Waals surface area contributed by atoms with E-state index in [0.717, 1.165) is 28.2 Å². The summed E-state index contributed by atoms with van der Waals surface area (Å²) in [5, 5.41) is 0. The average Bonchev–Trinajstić information content (AvgIpc) is 2.55. The summed E-state index contributed by atoms with van der Waals surface area (Å²) in [6.45, 7) is 4.24. The van der Waals surface area contributed by atoms with Crippen molar-refractivity contribution in [3.63, 3.8) is 0 Å². The van der Waals surface area contributed by atoms with Gasteiger partial charge in [0.25, 0.3) is 0 Å². The van der Waals surface area contributed by atoms with Crippen LogP contribution in [0.25, 0.3) is 6.08 Å². The van der Waals surface area contributed by atoms with Gasteiger partial charge in [0.1, 0.15) is 0 Å². The van der Waals surface area contributed by atoms with E-state index in [0.29, 0.717) is 0 Å². The fourth-order valence-electron chi connectivity index (χ4n) is 2.32. The van der Waals surface area contributed by atoms with E-state index < -0.39 is 10.8 Å². The van der Waals surface area contributed by atoms with Crippen molar-refractivity contribution in [2.24, 2.45) is 0 Å². The third kappa shape index (κ3) is 4.96. The van der Waals surface area contributed by atoms with Gasteiger partial charge in [-0.25, -0.2) is 4.21 Å². The van der Waals surface area contributed by atoms with Crippen LogP contribution in [0.3, 0.4) is 0 Å². The fraction of sp³-hybridized carbons (Fsp3) is 0.300. The smallest absolute Gasteiger partial charge is 0.0808 e. The highest BCUT2D eigenvalue weighted by Crippen LogP contribution is 2.23. The standard InChI is InChI=1S/C20H24OS/c1-3-4-6-11-20(16-18-9-7-5-8-10-18)22(21)19-14-12-17(2)13-15-19/h5,7-10,12-16H,3-4,6,11H2,1-2H3/b20-16-. The molecule has 22 heavy (non-hydrogen) atoms. The number of unbranched alkanes of at least 4 members (excludes halogenated alkanes) is 2. The molecule has 2 heteroatoms. The predicted octanol–water partition coefficient (Wildman–Crippen LogP) is 5.72. The SMILES string of the molecule is CCCCC/C(=C/c1ccccc1)S(=O)c1ccc(C)cc1. The van der Waals surface area contributed by atoms with Crippen molar-refractivity contribution in [1.29, 1.82) is 0 Å². The lowest BCUT2D eigenvalue weighted by Gasteiger charge is -2.08. The van der Waals surface area contributed by atoms with Gasteiger partial charge in [-0.05, 0) is 43.5 Å². The second-order valence-electron chi connectivity index (χ2n) is 5.56. The third-order valence-corrected chi connectivity index (χ3v) is 5.13. The highest BCUT2D eigenvalue weighted by molar-refractivity contribution is 7.89. The molecule has 0 aliphatic heterocycles. The quantitative estimate of drug-likeness (QED) is 0.597. The molecule has 0 aromatic heterocycles. The Morgan fingerprint density at radius 2 is 1.68 bits per heavy atom. The zero-order valence-corrected chi connectivity index (χ0v) is 14.2. The van der Waals surface area contributed by atoms with Crippen LogP contribution >= 0.6 is 0 Å². The maximum Gasteiger partial charge on any atom is 0.0808 e. The van der Waals surface area contributed by atoms with Crippen LogP contribution in [0.4, 0.5) is 0 Å². The molecule has 2 aromatic carbocycles. The van der Waals surface area contributed by atoms with Gasteiger partial charge in [0.15, 0.2) is 0 Å². The summed E-state index contributed by atoms with van der Waals surface area (Å²) < 4.78 is 12.9. The first kappa shape index (κ1) is 16.7. The van der Waals surface area contributed by atoms with E-state index in [1.54, 1.807) is 0 Å². The Morgan fingerprint density at radius 3 is 2.32 bits per heavy atom. The number of aryl methyl sites for hydroxylation is 1. The minimum absolute atomic E-state index is 0.892. The molecule has 0 saturated carbocycles. The van der Waals surface area contributed by atoms with Crippen LogP contribution in [-0.4, -0.2) is 4.21 Å². The molecule has 1 atom stereocenters. The number of hydrogen-bond acceptors (Lipinski definition) is 1. The van der Waals surface area contributed by atoms with Crippen LogP contribution in [0.1, 0.15) is 43.7 Å². The summed E-state index contributed by atoms with van der Waals surface area (Å²) in [7, 11) is -1.07. The topological polar surface area (TPSA) is 17.1 Å². The van der Waals surface area contributed by atoms with Gasteiger partial charge in [-0.1, -0.05) is 67.8 Å². The highest BCUT2D eigenvalue weighted by Gasteiger charge is 2.10. The molecule has 0 amide bonds. The second-order valence-corrected chi connectivity index (χ2v) is 7.09. The molecular formula is C20H24OS. The molecule has 0 radical (unpaired) electrons. The lowest BCUT2D eigenvalue weighted by atomic mass is 10.1. The zero-order chi connectivity index (χ0) is 15.8. The molecular weight excluding hydrogens is 288 g/mol. The first-order valence-electron chi connectivity index (χ1n) is 7.94. The van der Waals surface area contributed by atoms with Crippen molar-refractivity contribution in [1.82, 2.24) is 0 Å². The number of benzene rings is 2. The van der Waals surface area contributed by atoms with E-state index in [4.69, 9.17) is 0 Å². The Bertz CT molecular complexity index is 627. The molecule has 2 rings (SSSR count). The Balaban J connectivity index is 2.25. The van der Waals surface area contributed by atoms with E-state index in [-0.39, 0.29) is 0 Å². The Morgan fingerprint density at radius 1 is 1.00 bits per heavy atom. The molecule has 0 spiro atoms. The molecule has 1 unspecified atom stereocenters. The molecule has 0 N–H and O–H groups in total. The maximum atomic E-state index is 12.9. The second kappa shape index (κ2) is 8.70. The highest BCUT2D eigenvalue weighted by atomic mass is 32.2. The monoisotopic (exact) mass is 312 g/mol. The normalized spacial score (nSPS) is 13.1. The Labute approximate surface area is 136 Å². The Kier molecular flexibility index (Phi) is 6.60. The van der Waals surface area contributed by atoms with Gasteiger partial charge < -0.3 is 0 Å². The number of allylic oxidation sites excluding steroid dienone is 1. The van der Waals surface area contributed by atoms with E-state index >= 15 is 0 Å². The van der Waals surface area contributed by atoms with Gasteiger partial charge in [-0.15, -0.1) is 0 Å². The molecule has 1 nitrogen and oxygen atoms in total. The first-order valence-corrected chi connectivity index (χ1v) is 9.09. The van der Waals surface area contributed by atoms with Crippen LogP contribution in [0.2, 0.25) is 0 Å². The van der Waals surface area contributed by atoms with Crippen LogP contribution < -0.4 is 0 Å². The molecule has 0 heterocycles. The zero-order valence-electron chi connectivity index (χ0n) is 13.4. The molecule has 0 aliphatic carbocycles. The summed E-state index contributed by atoms with van der Waals surface area (Å²) in [4.78, 5) is 1.91. The Hall–Kier alpha value is -1.67.